The largest absolute Gasteiger partial charge is 0.444 e. The van der Waals surface area contributed by atoms with E-state index in [1.165, 1.54) is 9.47 Å². The first-order valence-corrected chi connectivity index (χ1v) is 15.5. The summed E-state index contributed by atoms with van der Waals surface area (Å²) in [7, 11) is 3.25. The van der Waals surface area contributed by atoms with Gasteiger partial charge in [0, 0.05) is 39.7 Å². The van der Waals surface area contributed by atoms with Crippen molar-refractivity contribution in [2.45, 2.75) is 57.5 Å². The molecule has 43 heavy (non-hydrogen) atoms. The van der Waals surface area contributed by atoms with Gasteiger partial charge in [-0.25, -0.2) is 9.59 Å². The van der Waals surface area contributed by atoms with Gasteiger partial charge in [0.05, 0.1) is 37.4 Å². The van der Waals surface area contributed by atoms with E-state index in [-0.39, 0.29) is 25.8 Å². The summed E-state index contributed by atoms with van der Waals surface area (Å²) in [5, 5.41) is 12.7. The number of carbonyl (C=O) groups is 2. The average Bonchev–Trinajstić information content (AvgIpc) is 3.58. The van der Waals surface area contributed by atoms with Crippen LogP contribution in [0.15, 0.2) is 39.5 Å². The number of methoxy groups -OCH3 is 1. The fourth-order valence-corrected chi connectivity index (χ4v) is 7.30. The number of fused-ring (bicyclic) bond motifs is 2. The highest BCUT2D eigenvalue weighted by atomic mass is 32.1. The van der Waals surface area contributed by atoms with E-state index in [2.05, 4.69) is 17.5 Å². The molecule has 4 aromatic rings. The minimum absolute atomic E-state index is 0.0188. The molecule has 2 amide bonds. The number of carbonyl (C=O) groups excluding carboxylic acids is 2. The third-order valence-corrected chi connectivity index (χ3v) is 9.42. The lowest BCUT2D eigenvalue weighted by Crippen LogP contribution is -2.53. The van der Waals surface area contributed by atoms with Crippen LogP contribution < -0.4 is 11.1 Å². The predicted molar refractivity (Wildman–Crippen MR) is 164 cm³/mol. The number of benzene rings is 1. The molecule has 1 aliphatic heterocycles. The second kappa shape index (κ2) is 12.5. The standard InChI is InChI=1S/C30H34N4O7S2/c1-30(2,3)41-29(37)34-15-19(38-5)8-9-39-23(16-34)27(35)32-18(14-31)11-20-12-25-26(42-20)13-24(43-25)17-6-7-22-21(10-17)33(4)28(36)40-22/h6-7,10,12-13,18-19,23H,8-9,11,15-16H2,1-5H3,(H,32,35)/t18?,19-,23-/m0/s1. The van der Waals surface area contributed by atoms with E-state index >= 15 is 0 Å². The molecule has 1 fully saturated rings. The zero-order valence-corrected chi connectivity index (χ0v) is 26.3. The maximum absolute atomic E-state index is 13.2. The highest BCUT2D eigenvalue weighted by Crippen LogP contribution is 2.39. The topological polar surface area (TPSA) is 136 Å². The second-order valence-corrected chi connectivity index (χ2v) is 13.7. The van der Waals surface area contributed by atoms with Gasteiger partial charge in [-0.2, -0.15) is 5.26 Å². The average molecular weight is 627 g/mol. The maximum atomic E-state index is 13.2. The lowest BCUT2D eigenvalue weighted by atomic mass is 10.1. The van der Waals surface area contributed by atoms with Crippen molar-refractivity contribution < 1.29 is 28.2 Å². The van der Waals surface area contributed by atoms with Gasteiger partial charge >= 0.3 is 11.8 Å². The molecule has 1 N–H and O–H groups in total. The lowest BCUT2D eigenvalue weighted by molar-refractivity contribution is -0.137. The van der Waals surface area contributed by atoms with Gasteiger partial charge in [0.1, 0.15) is 11.6 Å². The third kappa shape index (κ3) is 7.10. The van der Waals surface area contributed by atoms with Crippen molar-refractivity contribution in [1.82, 2.24) is 14.8 Å². The Labute approximate surface area is 256 Å². The number of nitrogens with one attached hydrogen (secondary N) is 1. The van der Waals surface area contributed by atoms with Gasteiger partial charge in [-0.05, 0) is 63.1 Å². The summed E-state index contributed by atoms with van der Waals surface area (Å²) in [6.45, 7) is 5.86. The summed E-state index contributed by atoms with van der Waals surface area (Å²) in [5.74, 6) is -0.857. The van der Waals surface area contributed by atoms with Crippen molar-refractivity contribution in [2.24, 2.45) is 7.05 Å². The fraction of sp³-hybridized carbons (Fsp3) is 0.467. The van der Waals surface area contributed by atoms with E-state index in [9.17, 15) is 19.6 Å². The van der Waals surface area contributed by atoms with E-state index in [1.54, 1.807) is 63.7 Å². The molecule has 13 heteroatoms. The van der Waals surface area contributed by atoms with Crippen LogP contribution in [0.3, 0.4) is 0 Å². The Hall–Kier alpha value is -3.70. The van der Waals surface area contributed by atoms with Crippen LogP contribution in [0.1, 0.15) is 32.1 Å². The number of nitrogens with zero attached hydrogens (tertiary/aromatic N) is 3. The molecular weight excluding hydrogens is 592 g/mol. The van der Waals surface area contributed by atoms with Crippen LogP contribution in [0.25, 0.3) is 30.9 Å². The van der Waals surface area contributed by atoms with Crippen LogP contribution in [-0.4, -0.2) is 72.1 Å². The van der Waals surface area contributed by atoms with Crippen LogP contribution >= 0.6 is 22.7 Å². The summed E-state index contributed by atoms with van der Waals surface area (Å²) in [6.07, 6.45) is -0.924. The van der Waals surface area contributed by atoms with Crippen molar-refractivity contribution in [2.75, 3.05) is 26.8 Å². The predicted octanol–water partition coefficient (Wildman–Crippen LogP) is 4.67. The molecule has 228 valence electrons. The monoisotopic (exact) mass is 626 g/mol. The fourth-order valence-electron chi connectivity index (χ4n) is 4.84. The molecule has 1 saturated heterocycles. The summed E-state index contributed by atoms with van der Waals surface area (Å²) < 4.78 is 25.7. The Bertz CT molecular complexity index is 1710. The number of nitriles is 1. The summed E-state index contributed by atoms with van der Waals surface area (Å²) in [4.78, 5) is 41.4. The van der Waals surface area contributed by atoms with Gasteiger partial charge in [-0.3, -0.25) is 9.36 Å². The zero-order chi connectivity index (χ0) is 30.9. The molecular formula is C30H34N4O7S2. The van der Waals surface area contributed by atoms with E-state index in [0.29, 0.717) is 18.4 Å². The molecule has 11 nitrogen and oxygen atoms in total. The van der Waals surface area contributed by atoms with Crippen molar-refractivity contribution in [3.05, 3.63) is 45.8 Å². The summed E-state index contributed by atoms with van der Waals surface area (Å²) in [6, 6.07) is 11.2. The van der Waals surface area contributed by atoms with Gasteiger partial charge in [0.15, 0.2) is 11.7 Å². The molecule has 0 radical (unpaired) electrons. The second-order valence-electron chi connectivity index (χ2n) is 11.4. The van der Waals surface area contributed by atoms with Crippen LogP contribution in [-0.2, 0) is 32.5 Å². The molecule has 4 heterocycles. The Morgan fingerprint density at radius 1 is 1.19 bits per heavy atom. The molecule has 5 rings (SSSR count). The number of aryl methyl sites for hydroxylation is 1. The van der Waals surface area contributed by atoms with Crippen molar-refractivity contribution in [3.63, 3.8) is 0 Å². The number of ether oxygens (including phenoxy) is 3. The van der Waals surface area contributed by atoms with Crippen molar-refractivity contribution in [3.8, 4) is 16.5 Å². The third-order valence-electron chi connectivity index (χ3n) is 7.06. The smallest absolute Gasteiger partial charge is 0.419 e. The van der Waals surface area contributed by atoms with E-state index < -0.39 is 35.5 Å². The number of hydrogen-bond donors (Lipinski definition) is 1. The minimum atomic E-state index is -0.956. The highest BCUT2D eigenvalue weighted by Gasteiger charge is 2.33. The first kappa shape index (κ1) is 30.7. The van der Waals surface area contributed by atoms with Crippen molar-refractivity contribution >= 4 is 55.2 Å². The number of amides is 2. The van der Waals surface area contributed by atoms with Gasteiger partial charge in [0.25, 0.3) is 5.91 Å². The molecule has 3 aromatic heterocycles. The Balaban J connectivity index is 1.26. The number of aromatic nitrogens is 1. The Morgan fingerprint density at radius 2 is 1.95 bits per heavy atom. The molecule has 0 saturated carbocycles. The van der Waals surface area contributed by atoms with Crippen LogP contribution in [0, 0.1) is 11.3 Å². The minimum Gasteiger partial charge on any atom is -0.444 e. The van der Waals surface area contributed by atoms with E-state index in [4.69, 9.17) is 18.6 Å². The quantitative estimate of drug-likeness (QED) is 0.326. The maximum Gasteiger partial charge on any atom is 0.419 e. The molecule has 0 spiro atoms. The molecule has 0 bridgehead atoms. The number of hydrogen-bond acceptors (Lipinski definition) is 10. The Morgan fingerprint density at radius 3 is 2.65 bits per heavy atom. The lowest BCUT2D eigenvalue weighted by Gasteiger charge is -2.34. The van der Waals surface area contributed by atoms with Crippen LogP contribution in [0.4, 0.5) is 4.79 Å². The molecule has 1 aromatic carbocycles. The van der Waals surface area contributed by atoms with Gasteiger partial charge in [-0.15, -0.1) is 22.7 Å². The van der Waals surface area contributed by atoms with Crippen LogP contribution in [0.2, 0.25) is 0 Å². The molecule has 3 atom stereocenters. The van der Waals surface area contributed by atoms with Gasteiger partial charge in [-0.1, -0.05) is 0 Å². The SMILES string of the molecule is CO[C@H]1CCO[C@H](C(=O)NC(C#N)Cc2cc3sc(-c4ccc5oc(=O)n(C)c5c4)cc3s2)CN(C(=O)OC(C)(C)C)C1. The number of oxazole rings is 1. The normalized spacial score (nSPS) is 18.7. The van der Waals surface area contributed by atoms with E-state index in [0.717, 1.165) is 30.2 Å². The zero-order valence-electron chi connectivity index (χ0n) is 24.7. The molecule has 1 unspecified atom stereocenters. The van der Waals surface area contributed by atoms with E-state index in [1.807, 2.05) is 18.2 Å². The Kier molecular flexibility index (Phi) is 8.94. The first-order valence-electron chi connectivity index (χ1n) is 13.9. The summed E-state index contributed by atoms with van der Waals surface area (Å²) in [5.41, 5.74) is 1.56. The summed E-state index contributed by atoms with van der Waals surface area (Å²) >= 11 is 3.19. The number of rotatable bonds is 6. The van der Waals surface area contributed by atoms with Crippen LogP contribution in [0.5, 0.6) is 0 Å². The van der Waals surface area contributed by atoms with Gasteiger partial charge in [0.2, 0.25) is 0 Å². The number of thiophene rings is 2. The highest BCUT2D eigenvalue weighted by molar-refractivity contribution is 7.29. The molecule has 1 aliphatic rings. The first-order chi connectivity index (χ1) is 20.4. The van der Waals surface area contributed by atoms with Gasteiger partial charge < -0.3 is 28.8 Å². The molecule has 0 aliphatic carbocycles. The van der Waals surface area contributed by atoms with Crippen molar-refractivity contribution in [1.29, 1.82) is 5.26 Å².